The maximum atomic E-state index is 5.49. The second-order valence-corrected chi connectivity index (χ2v) is 4.16. The van der Waals surface area contributed by atoms with Crippen LogP contribution >= 0.6 is 0 Å². The molecule has 0 spiro atoms. The Morgan fingerprint density at radius 2 is 2.00 bits per heavy atom. The van der Waals surface area contributed by atoms with Gasteiger partial charge in [0.25, 0.3) is 0 Å². The lowest BCUT2D eigenvalue weighted by Gasteiger charge is -2.30. The molecule has 1 heterocycles. The summed E-state index contributed by atoms with van der Waals surface area (Å²) in [6, 6.07) is 0. The summed E-state index contributed by atoms with van der Waals surface area (Å²) >= 11 is 0. The van der Waals surface area contributed by atoms with E-state index in [1.165, 1.54) is 32.1 Å². The van der Waals surface area contributed by atoms with E-state index in [1.54, 1.807) is 0 Å². The van der Waals surface area contributed by atoms with Crippen LogP contribution in [0.4, 0.5) is 5.95 Å². The Hall–Kier alpha value is -1.06. The predicted molar refractivity (Wildman–Crippen MR) is 51.2 cm³/mol. The van der Waals surface area contributed by atoms with Gasteiger partial charge in [-0.15, -0.1) is 5.10 Å². The van der Waals surface area contributed by atoms with Crippen molar-refractivity contribution in [2.75, 3.05) is 5.73 Å². The fourth-order valence-corrected chi connectivity index (χ4v) is 2.11. The fourth-order valence-electron chi connectivity index (χ4n) is 2.11. The van der Waals surface area contributed by atoms with E-state index in [-0.39, 0.29) is 5.41 Å². The third-order valence-corrected chi connectivity index (χ3v) is 3.03. The van der Waals surface area contributed by atoms with Gasteiger partial charge < -0.3 is 5.73 Å². The van der Waals surface area contributed by atoms with Gasteiger partial charge >= 0.3 is 0 Å². The van der Waals surface area contributed by atoms with Crippen molar-refractivity contribution in [1.82, 2.24) is 15.2 Å². The monoisotopic (exact) mass is 180 g/mol. The lowest BCUT2D eigenvalue weighted by Crippen LogP contribution is -2.26. The zero-order valence-corrected chi connectivity index (χ0v) is 8.01. The van der Waals surface area contributed by atoms with Crippen molar-refractivity contribution in [3.8, 4) is 0 Å². The average molecular weight is 180 g/mol. The van der Waals surface area contributed by atoms with E-state index in [2.05, 4.69) is 22.1 Å². The van der Waals surface area contributed by atoms with Gasteiger partial charge in [0.1, 0.15) is 5.82 Å². The maximum absolute atomic E-state index is 5.49. The molecule has 0 saturated heterocycles. The first-order valence-corrected chi connectivity index (χ1v) is 4.89. The predicted octanol–water partition coefficient (Wildman–Crippen LogP) is 1.61. The Labute approximate surface area is 77.9 Å². The van der Waals surface area contributed by atoms with Crippen molar-refractivity contribution in [2.45, 2.75) is 44.4 Å². The maximum Gasteiger partial charge on any atom is 0.239 e. The fraction of sp³-hybridized carbons (Fsp3) is 0.778. The highest BCUT2D eigenvalue weighted by atomic mass is 15.3. The Balaban J connectivity index is 2.22. The smallest absolute Gasteiger partial charge is 0.239 e. The van der Waals surface area contributed by atoms with Gasteiger partial charge in [0.2, 0.25) is 5.95 Å². The minimum Gasteiger partial charge on any atom is -0.367 e. The Morgan fingerprint density at radius 3 is 2.54 bits per heavy atom. The SMILES string of the molecule is CC1(c2nc(N)n[nH]2)CCCCC1. The zero-order chi connectivity index (χ0) is 9.31. The van der Waals surface area contributed by atoms with Gasteiger partial charge in [0.05, 0.1) is 0 Å². The first-order chi connectivity index (χ1) is 6.21. The third kappa shape index (κ3) is 1.53. The van der Waals surface area contributed by atoms with Crippen LogP contribution in [0.2, 0.25) is 0 Å². The summed E-state index contributed by atoms with van der Waals surface area (Å²) in [5.74, 6) is 1.33. The molecule has 1 aliphatic carbocycles. The number of hydrogen-bond acceptors (Lipinski definition) is 3. The summed E-state index contributed by atoms with van der Waals surface area (Å²) in [5, 5.41) is 6.81. The van der Waals surface area contributed by atoms with Crippen molar-refractivity contribution in [3.05, 3.63) is 5.82 Å². The number of anilines is 1. The molecule has 1 aromatic rings. The van der Waals surface area contributed by atoms with E-state index in [4.69, 9.17) is 5.73 Å². The molecule has 1 aliphatic rings. The van der Waals surface area contributed by atoms with Gasteiger partial charge in [-0.1, -0.05) is 26.2 Å². The molecule has 0 radical (unpaired) electrons. The van der Waals surface area contributed by atoms with Crippen molar-refractivity contribution in [2.24, 2.45) is 0 Å². The van der Waals surface area contributed by atoms with Crippen LogP contribution in [-0.2, 0) is 5.41 Å². The molecule has 4 heteroatoms. The lowest BCUT2D eigenvalue weighted by molar-refractivity contribution is 0.305. The van der Waals surface area contributed by atoms with E-state index in [9.17, 15) is 0 Å². The molecule has 0 aliphatic heterocycles. The minimum atomic E-state index is 0.183. The molecule has 72 valence electrons. The molecule has 1 saturated carbocycles. The number of nitrogen functional groups attached to an aromatic ring is 1. The second-order valence-electron chi connectivity index (χ2n) is 4.16. The van der Waals surface area contributed by atoms with Crippen molar-refractivity contribution in [1.29, 1.82) is 0 Å². The third-order valence-electron chi connectivity index (χ3n) is 3.03. The van der Waals surface area contributed by atoms with Gasteiger partial charge in [0.15, 0.2) is 0 Å². The minimum absolute atomic E-state index is 0.183. The van der Waals surface area contributed by atoms with Gasteiger partial charge in [-0.05, 0) is 12.8 Å². The molecule has 0 atom stereocenters. The van der Waals surface area contributed by atoms with E-state index in [0.29, 0.717) is 5.95 Å². The number of nitrogens with one attached hydrogen (secondary N) is 1. The zero-order valence-electron chi connectivity index (χ0n) is 8.01. The Morgan fingerprint density at radius 1 is 1.31 bits per heavy atom. The summed E-state index contributed by atoms with van der Waals surface area (Å²) in [5.41, 5.74) is 5.67. The lowest BCUT2D eigenvalue weighted by atomic mass is 9.75. The van der Waals surface area contributed by atoms with E-state index in [0.717, 1.165) is 5.82 Å². The highest BCUT2D eigenvalue weighted by molar-refractivity contribution is 5.17. The topological polar surface area (TPSA) is 67.6 Å². The normalized spacial score (nSPS) is 21.6. The summed E-state index contributed by atoms with van der Waals surface area (Å²) in [6.07, 6.45) is 6.32. The molecule has 1 fully saturated rings. The second kappa shape index (κ2) is 3.01. The number of aromatic nitrogens is 3. The standard InChI is InChI=1S/C9H16N4/c1-9(5-3-2-4-6-9)7-11-8(10)13-12-7/h2-6H2,1H3,(H3,10,11,12,13). The first-order valence-electron chi connectivity index (χ1n) is 4.89. The van der Waals surface area contributed by atoms with Gasteiger partial charge in [-0.25, -0.2) is 0 Å². The average Bonchev–Trinajstić information content (AvgIpc) is 2.54. The van der Waals surface area contributed by atoms with Crippen molar-refractivity contribution >= 4 is 5.95 Å². The van der Waals surface area contributed by atoms with Crippen molar-refractivity contribution < 1.29 is 0 Å². The van der Waals surface area contributed by atoms with Crippen LogP contribution in [0.3, 0.4) is 0 Å². The Bertz CT molecular complexity index is 286. The molecular weight excluding hydrogens is 164 g/mol. The molecule has 3 N–H and O–H groups in total. The van der Waals surface area contributed by atoms with Crippen LogP contribution < -0.4 is 5.73 Å². The quantitative estimate of drug-likeness (QED) is 0.690. The van der Waals surface area contributed by atoms with E-state index < -0.39 is 0 Å². The summed E-state index contributed by atoms with van der Waals surface area (Å²) < 4.78 is 0. The molecule has 4 nitrogen and oxygen atoms in total. The Kier molecular flexibility index (Phi) is 1.98. The first kappa shape index (κ1) is 8.53. The molecule has 1 aromatic heterocycles. The van der Waals surface area contributed by atoms with Gasteiger partial charge in [0, 0.05) is 5.41 Å². The van der Waals surface area contributed by atoms with Crippen LogP contribution in [0.1, 0.15) is 44.9 Å². The molecule has 0 aromatic carbocycles. The molecule has 0 amide bonds. The van der Waals surface area contributed by atoms with Gasteiger partial charge in [-0.2, -0.15) is 4.98 Å². The molecular formula is C9H16N4. The number of hydrogen-bond donors (Lipinski definition) is 2. The number of aromatic amines is 1. The summed E-state index contributed by atoms with van der Waals surface area (Å²) in [7, 11) is 0. The molecule has 0 unspecified atom stereocenters. The van der Waals surface area contributed by atoms with E-state index in [1.807, 2.05) is 0 Å². The highest BCUT2D eigenvalue weighted by Crippen LogP contribution is 2.36. The van der Waals surface area contributed by atoms with Crippen molar-refractivity contribution in [3.63, 3.8) is 0 Å². The molecule has 2 rings (SSSR count). The summed E-state index contributed by atoms with van der Waals surface area (Å²) in [6.45, 7) is 2.24. The number of H-pyrrole nitrogens is 1. The molecule has 0 bridgehead atoms. The van der Waals surface area contributed by atoms with Crippen LogP contribution in [0, 0.1) is 0 Å². The van der Waals surface area contributed by atoms with E-state index >= 15 is 0 Å². The summed E-state index contributed by atoms with van der Waals surface area (Å²) in [4.78, 5) is 4.22. The highest BCUT2D eigenvalue weighted by Gasteiger charge is 2.31. The molecule has 13 heavy (non-hydrogen) atoms. The number of nitrogens with zero attached hydrogens (tertiary/aromatic N) is 2. The van der Waals surface area contributed by atoms with Crippen LogP contribution in [0.15, 0.2) is 0 Å². The van der Waals surface area contributed by atoms with Crippen LogP contribution in [0.25, 0.3) is 0 Å². The number of nitrogens with two attached hydrogens (primary N) is 1. The van der Waals surface area contributed by atoms with Crippen LogP contribution in [0.5, 0.6) is 0 Å². The number of rotatable bonds is 1. The largest absolute Gasteiger partial charge is 0.367 e. The van der Waals surface area contributed by atoms with Crippen LogP contribution in [-0.4, -0.2) is 15.2 Å². The van der Waals surface area contributed by atoms with Gasteiger partial charge in [-0.3, -0.25) is 5.10 Å².